The minimum atomic E-state index is -0.374. The van der Waals surface area contributed by atoms with Crippen molar-refractivity contribution in [3.8, 4) is 0 Å². The van der Waals surface area contributed by atoms with Gasteiger partial charge in [0.25, 0.3) is 5.91 Å². The second-order valence-electron chi connectivity index (χ2n) is 6.41. The number of amides is 2. The molecule has 5 nitrogen and oxygen atoms in total. The number of aryl methyl sites for hydroxylation is 2. The summed E-state index contributed by atoms with van der Waals surface area (Å²) in [6, 6.07) is 10.8. The Balaban J connectivity index is 1.45. The largest absolute Gasteiger partial charge is 0.294 e. The molecule has 1 aliphatic carbocycles. The van der Waals surface area contributed by atoms with E-state index in [1.807, 2.05) is 12.1 Å². The molecule has 2 aromatic rings. The monoisotopic (exact) mass is 370 g/mol. The molecule has 1 aliphatic rings. The lowest BCUT2D eigenvalue weighted by Crippen LogP contribution is -2.41. The molecule has 1 heterocycles. The highest BCUT2D eigenvalue weighted by atomic mass is 32.1. The van der Waals surface area contributed by atoms with Gasteiger partial charge in [-0.3, -0.25) is 25.2 Å². The molecule has 0 radical (unpaired) electrons. The molecule has 0 spiro atoms. The van der Waals surface area contributed by atoms with Crippen LogP contribution in [0.4, 0.5) is 0 Å². The van der Waals surface area contributed by atoms with Crippen LogP contribution in [-0.4, -0.2) is 17.6 Å². The lowest BCUT2D eigenvalue weighted by Gasteiger charge is -2.06. The lowest BCUT2D eigenvalue weighted by molar-refractivity contribution is -0.121. The number of fused-ring (bicyclic) bond motifs is 1. The normalized spacial score (nSPS) is 13.4. The first-order chi connectivity index (χ1) is 12.6. The zero-order valence-corrected chi connectivity index (χ0v) is 15.4. The molecule has 0 saturated heterocycles. The number of hydrogen-bond donors (Lipinski definition) is 2. The molecule has 0 unspecified atom stereocenters. The van der Waals surface area contributed by atoms with Gasteiger partial charge in [0.15, 0.2) is 5.78 Å². The Morgan fingerprint density at radius 1 is 0.923 bits per heavy atom. The van der Waals surface area contributed by atoms with Crippen molar-refractivity contribution in [2.45, 2.75) is 44.9 Å². The van der Waals surface area contributed by atoms with Crippen LogP contribution in [0.25, 0.3) is 0 Å². The fraction of sp³-hybridized carbons (Fsp3) is 0.350. The van der Waals surface area contributed by atoms with Gasteiger partial charge in [-0.2, -0.15) is 0 Å². The van der Waals surface area contributed by atoms with Crippen molar-refractivity contribution < 1.29 is 14.4 Å². The maximum atomic E-state index is 12.2. The average Bonchev–Trinajstić information content (AvgIpc) is 2.95. The zero-order chi connectivity index (χ0) is 18.4. The zero-order valence-electron chi connectivity index (χ0n) is 14.5. The molecule has 0 fully saturated rings. The van der Waals surface area contributed by atoms with Crippen LogP contribution in [-0.2, 0) is 17.6 Å². The van der Waals surface area contributed by atoms with E-state index in [1.54, 1.807) is 24.3 Å². The van der Waals surface area contributed by atoms with Crippen molar-refractivity contribution >= 4 is 28.9 Å². The van der Waals surface area contributed by atoms with Gasteiger partial charge in [-0.25, -0.2) is 0 Å². The van der Waals surface area contributed by atoms with Gasteiger partial charge in [-0.05, 0) is 37.3 Å². The van der Waals surface area contributed by atoms with Gasteiger partial charge in [0.1, 0.15) is 0 Å². The predicted molar refractivity (Wildman–Crippen MR) is 101 cm³/mol. The molecule has 0 aliphatic heterocycles. The fourth-order valence-electron chi connectivity index (χ4n) is 3.03. The van der Waals surface area contributed by atoms with Crippen LogP contribution in [0.3, 0.4) is 0 Å². The third-order valence-electron chi connectivity index (χ3n) is 4.46. The standard InChI is InChI=1S/C20H22N2O3S/c23-16(14-7-3-1-4-8-14)11-12-19(24)21-22-20(25)18-13-15-9-5-2-6-10-17(15)26-18/h1,3-4,7-8,13H,2,5-6,9-12H2,(H,21,24)(H,22,25). The Morgan fingerprint density at radius 3 is 2.50 bits per heavy atom. The number of benzene rings is 1. The maximum Gasteiger partial charge on any atom is 0.279 e. The molecule has 1 aromatic heterocycles. The van der Waals surface area contributed by atoms with E-state index in [0.717, 1.165) is 19.3 Å². The maximum absolute atomic E-state index is 12.2. The summed E-state index contributed by atoms with van der Waals surface area (Å²) < 4.78 is 0. The van der Waals surface area contributed by atoms with Crippen LogP contribution >= 0.6 is 11.3 Å². The van der Waals surface area contributed by atoms with Crippen LogP contribution in [0.2, 0.25) is 0 Å². The predicted octanol–water partition coefficient (Wildman–Crippen LogP) is 3.44. The summed E-state index contributed by atoms with van der Waals surface area (Å²) in [4.78, 5) is 38.0. The van der Waals surface area contributed by atoms with Gasteiger partial charge in [0.2, 0.25) is 5.91 Å². The van der Waals surface area contributed by atoms with Crippen LogP contribution in [0.1, 0.15) is 62.6 Å². The number of Topliss-reactive ketones (excluding diaryl/α,β-unsaturated/α-hetero) is 1. The van der Waals surface area contributed by atoms with E-state index in [-0.39, 0.29) is 30.4 Å². The number of hydrazine groups is 1. The third-order valence-corrected chi connectivity index (χ3v) is 5.70. The Kier molecular flexibility index (Phi) is 6.17. The molecule has 3 rings (SSSR count). The molecule has 2 N–H and O–H groups in total. The topological polar surface area (TPSA) is 75.3 Å². The number of ketones is 1. The number of rotatable bonds is 5. The Morgan fingerprint density at radius 2 is 1.69 bits per heavy atom. The highest BCUT2D eigenvalue weighted by Crippen LogP contribution is 2.28. The Labute approximate surface area is 156 Å². The molecule has 0 atom stereocenters. The van der Waals surface area contributed by atoms with E-state index in [9.17, 15) is 14.4 Å². The molecule has 2 amide bonds. The van der Waals surface area contributed by atoms with Crippen LogP contribution in [0, 0.1) is 0 Å². The number of carbonyl (C=O) groups excluding carboxylic acids is 3. The Hall–Kier alpha value is -2.47. The van der Waals surface area contributed by atoms with Crippen LogP contribution in [0.15, 0.2) is 36.4 Å². The first-order valence-corrected chi connectivity index (χ1v) is 9.74. The van der Waals surface area contributed by atoms with E-state index in [2.05, 4.69) is 10.9 Å². The SMILES string of the molecule is O=C(CCC(=O)c1ccccc1)NNC(=O)c1cc2c(s1)CCCCC2. The number of nitrogens with one attached hydrogen (secondary N) is 2. The highest BCUT2D eigenvalue weighted by Gasteiger charge is 2.17. The van der Waals surface area contributed by atoms with Gasteiger partial charge in [-0.15, -0.1) is 11.3 Å². The summed E-state index contributed by atoms with van der Waals surface area (Å²) in [5.41, 5.74) is 6.69. The van der Waals surface area contributed by atoms with Crippen LogP contribution < -0.4 is 10.9 Å². The van der Waals surface area contributed by atoms with Crippen LogP contribution in [0.5, 0.6) is 0 Å². The summed E-state index contributed by atoms with van der Waals surface area (Å²) in [7, 11) is 0. The van der Waals surface area contributed by atoms with E-state index in [4.69, 9.17) is 0 Å². The van der Waals surface area contributed by atoms with Crippen molar-refractivity contribution in [2.24, 2.45) is 0 Å². The molecule has 1 aromatic carbocycles. The number of carbonyl (C=O) groups is 3. The quantitative estimate of drug-likeness (QED) is 0.481. The van der Waals surface area contributed by atoms with Crippen molar-refractivity contribution in [1.29, 1.82) is 0 Å². The highest BCUT2D eigenvalue weighted by molar-refractivity contribution is 7.14. The van der Waals surface area contributed by atoms with Crippen molar-refractivity contribution in [2.75, 3.05) is 0 Å². The smallest absolute Gasteiger partial charge is 0.279 e. The molecule has 136 valence electrons. The molecule has 6 heteroatoms. The van der Waals surface area contributed by atoms with E-state index in [0.29, 0.717) is 10.4 Å². The third kappa shape index (κ3) is 4.79. The minimum absolute atomic E-state index is 0.0367. The van der Waals surface area contributed by atoms with Crippen molar-refractivity contribution in [1.82, 2.24) is 10.9 Å². The molecule has 26 heavy (non-hydrogen) atoms. The second-order valence-corrected chi connectivity index (χ2v) is 7.55. The second kappa shape index (κ2) is 8.76. The molecule has 0 saturated carbocycles. The van der Waals surface area contributed by atoms with E-state index >= 15 is 0 Å². The molecular weight excluding hydrogens is 348 g/mol. The first-order valence-electron chi connectivity index (χ1n) is 8.92. The molecular formula is C20H22N2O3S. The first kappa shape index (κ1) is 18.3. The van der Waals surface area contributed by atoms with Gasteiger partial charge in [0.05, 0.1) is 4.88 Å². The summed E-state index contributed by atoms with van der Waals surface area (Å²) in [5, 5.41) is 0. The Bertz CT molecular complexity index is 775. The van der Waals surface area contributed by atoms with Crippen molar-refractivity contribution in [3.63, 3.8) is 0 Å². The fourth-order valence-corrected chi connectivity index (χ4v) is 4.17. The minimum Gasteiger partial charge on any atom is -0.294 e. The number of thiophene rings is 1. The summed E-state index contributed by atoms with van der Waals surface area (Å²) in [6.45, 7) is 0. The van der Waals surface area contributed by atoms with Gasteiger partial charge in [-0.1, -0.05) is 36.8 Å². The van der Waals surface area contributed by atoms with Gasteiger partial charge in [0, 0.05) is 23.3 Å². The average molecular weight is 370 g/mol. The lowest BCUT2D eigenvalue weighted by atomic mass is 10.1. The summed E-state index contributed by atoms with van der Waals surface area (Å²) in [5.74, 6) is -0.763. The summed E-state index contributed by atoms with van der Waals surface area (Å²) >= 11 is 1.51. The van der Waals surface area contributed by atoms with Gasteiger partial charge < -0.3 is 0 Å². The van der Waals surface area contributed by atoms with E-state index < -0.39 is 0 Å². The summed E-state index contributed by atoms with van der Waals surface area (Å²) in [6.07, 6.45) is 5.76. The van der Waals surface area contributed by atoms with E-state index in [1.165, 1.54) is 34.6 Å². The van der Waals surface area contributed by atoms with Gasteiger partial charge >= 0.3 is 0 Å². The van der Waals surface area contributed by atoms with Crippen molar-refractivity contribution in [3.05, 3.63) is 57.3 Å². The molecule has 0 bridgehead atoms. The number of hydrogen-bond acceptors (Lipinski definition) is 4.